The maximum Gasteiger partial charge on any atom is 0.335 e. The first-order valence-electron chi connectivity index (χ1n) is 6.16. The lowest BCUT2D eigenvalue weighted by Gasteiger charge is -2.20. The quantitative estimate of drug-likeness (QED) is 0.715. The van der Waals surface area contributed by atoms with Gasteiger partial charge in [0, 0.05) is 12.7 Å². The normalized spacial score (nSPS) is 28.1. The minimum absolute atomic E-state index is 0.107. The fourth-order valence-electron chi connectivity index (χ4n) is 2.24. The molecule has 100 valence electrons. The van der Waals surface area contributed by atoms with E-state index in [-0.39, 0.29) is 11.9 Å². The Hall–Kier alpha value is -1.40. The standard InChI is InChI=1S/C12H18N2O4/c1-3-17-12-8(7-10(15)18-12)13-11(16)9-5-4-6-14(9)2/h7,9,12H,3-6H2,1-2H3,(H,13,16)/t9-,12?/m0/s1. The van der Waals surface area contributed by atoms with Crippen LogP contribution < -0.4 is 5.32 Å². The van der Waals surface area contributed by atoms with Crippen LogP contribution in [0.2, 0.25) is 0 Å². The van der Waals surface area contributed by atoms with E-state index in [1.54, 1.807) is 6.92 Å². The molecule has 0 radical (unpaired) electrons. The van der Waals surface area contributed by atoms with E-state index in [2.05, 4.69) is 5.32 Å². The van der Waals surface area contributed by atoms with Gasteiger partial charge in [-0.05, 0) is 33.4 Å². The summed E-state index contributed by atoms with van der Waals surface area (Å²) in [5.74, 6) is -0.590. The van der Waals surface area contributed by atoms with Gasteiger partial charge in [-0.1, -0.05) is 0 Å². The van der Waals surface area contributed by atoms with Crippen LogP contribution in [0.1, 0.15) is 19.8 Å². The molecular weight excluding hydrogens is 236 g/mol. The smallest absolute Gasteiger partial charge is 0.335 e. The maximum absolute atomic E-state index is 12.1. The number of hydrogen-bond acceptors (Lipinski definition) is 5. The summed E-state index contributed by atoms with van der Waals surface area (Å²) in [7, 11) is 1.92. The van der Waals surface area contributed by atoms with E-state index >= 15 is 0 Å². The minimum Gasteiger partial charge on any atom is -0.426 e. The van der Waals surface area contributed by atoms with Gasteiger partial charge in [-0.2, -0.15) is 0 Å². The Morgan fingerprint density at radius 2 is 2.44 bits per heavy atom. The summed E-state index contributed by atoms with van der Waals surface area (Å²) < 4.78 is 10.2. The lowest BCUT2D eigenvalue weighted by molar-refractivity contribution is -0.159. The second-order valence-electron chi connectivity index (χ2n) is 4.45. The fraction of sp³-hybridized carbons (Fsp3) is 0.667. The number of likely N-dealkylation sites (tertiary alicyclic amines) is 1. The Morgan fingerprint density at radius 3 is 3.06 bits per heavy atom. The van der Waals surface area contributed by atoms with Gasteiger partial charge in [0.05, 0.1) is 11.7 Å². The second-order valence-corrected chi connectivity index (χ2v) is 4.45. The molecular formula is C12H18N2O4. The molecule has 1 unspecified atom stereocenters. The van der Waals surface area contributed by atoms with E-state index in [1.807, 2.05) is 11.9 Å². The fourth-order valence-corrected chi connectivity index (χ4v) is 2.24. The van der Waals surface area contributed by atoms with Crippen molar-refractivity contribution in [1.29, 1.82) is 0 Å². The molecule has 0 aromatic rings. The molecule has 6 nitrogen and oxygen atoms in total. The van der Waals surface area contributed by atoms with E-state index in [0.29, 0.717) is 12.3 Å². The highest BCUT2D eigenvalue weighted by molar-refractivity contribution is 5.89. The van der Waals surface area contributed by atoms with Crippen molar-refractivity contribution < 1.29 is 19.1 Å². The summed E-state index contributed by atoms with van der Waals surface area (Å²) in [5, 5.41) is 2.73. The summed E-state index contributed by atoms with van der Waals surface area (Å²) >= 11 is 0. The number of carbonyl (C=O) groups excluding carboxylic acids is 2. The molecule has 2 heterocycles. The predicted molar refractivity (Wildman–Crippen MR) is 63.4 cm³/mol. The Labute approximate surface area is 106 Å². The second kappa shape index (κ2) is 5.49. The van der Waals surface area contributed by atoms with Gasteiger partial charge in [0.25, 0.3) is 0 Å². The molecule has 0 saturated carbocycles. The molecule has 2 rings (SSSR count). The number of likely N-dealkylation sites (N-methyl/N-ethyl adjacent to an activating group) is 1. The molecule has 0 spiro atoms. The van der Waals surface area contributed by atoms with Crippen molar-refractivity contribution in [3.63, 3.8) is 0 Å². The van der Waals surface area contributed by atoms with Crippen LogP contribution in [0.4, 0.5) is 0 Å². The van der Waals surface area contributed by atoms with Gasteiger partial charge in [0.1, 0.15) is 0 Å². The first-order valence-corrected chi connectivity index (χ1v) is 6.16. The van der Waals surface area contributed by atoms with Crippen molar-refractivity contribution in [3.8, 4) is 0 Å². The Kier molecular flexibility index (Phi) is 3.98. The molecule has 0 aromatic carbocycles. The molecule has 2 aliphatic heterocycles. The topological polar surface area (TPSA) is 67.9 Å². The van der Waals surface area contributed by atoms with Crippen LogP contribution in [0.15, 0.2) is 11.8 Å². The van der Waals surface area contributed by atoms with Gasteiger partial charge in [0.2, 0.25) is 12.2 Å². The number of rotatable bonds is 4. The largest absolute Gasteiger partial charge is 0.426 e. The van der Waals surface area contributed by atoms with E-state index < -0.39 is 12.3 Å². The van der Waals surface area contributed by atoms with Crippen molar-refractivity contribution in [1.82, 2.24) is 10.2 Å². The molecule has 1 amide bonds. The molecule has 6 heteroatoms. The number of carbonyl (C=O) groups is 2. The van der Waals surface area contributed by atoms with Crippen molar-refractivity contribution in [3.05, 3.63) is 11.8 Å². The predicted octanol–water partition coefficient (Wildman–Crippen LogP) is 0.0001000. The van der Waals surface area contributed by atoms with Crippen molar-refractivity contribution in [2.75, 3.05) is 20.2 Å². The SMILES string of the molecule is CCOC1OC(=O)C=C1NC(=O)[C@@H]1CCCN1C. The van der Waals surface area contributed by atoms with Gasteiger partial charge in [0.15, 0.2) is 0 Å². The van der Waals surface area contributed by atoms with Gasteiger partial charge in [-0.25, -0.2) is 4.79 Å². The van der Waals surface area contributed by atoms with Crippen LogP contribution in [0.5, 0.6) is 0 Å². The average molecular weight is 254 g/mol. The summed E-state index contributed by atoms with van der Waals surface area (Å²) in [6, 6.07) is -0.135. The van der Waals surface area contributed by atoms with Gasteiger partial charge < -0.3 is 14.8 Å². The number of cyclic esters (lactones) is 1. The molecule has 0 aromatic heterocycles. The van der Waals surface area contributed by atoms with Crippen LogP contribution in [0.3, 0.4) is 0 Å². The highest BCUT2D eigenvalue weighted by Crippen LogP contribution is 2.18. The molecule has 1 saturated heterocycles. The van der Waals surface area contributed by atoms with Gasteiger partial charge in [-0.3, -0.25) is 9.69 Å². The van der Waals surface area contributed by atoms with Crippen molar-refractivity contribution in [2.45, 2.75) is 32.1 Å². The number of ether oxygens (including phenoxy) is 2. The number of esters is 1. The highest BCUT2D eigenvalue weighted by atomic mass is 16.7. The van der Waals surface area contributed by atoms with Crippen LogP contribution >= 0.6 is 0 Å². The highest BCUT2D eigenvalue weighted by Gasteiger charge is 2.32. The zero-order valence-corrected chi connectivity index (χ0v) is 10.6. The monoisotopic (exact) mass is 254 g/mol. The van der Waals surface area contributed by atoms with Crippen LogP contribution in [0.25, 0.3) is 0 Å². The lowest BCUT2D eigenvalue weighted by Crippen LogP contribution is -2.42. The van der Waals surface area contributed by atoms with Gasteiger partial charge in [-0.15, -0.1) is 0 Å². The van der Waals surface area contributed by atoms with E-state index in [4.69, 9.17) is 9.47 Å². The molecule has 1 fully saturated rings. The molecule has 2 aliphatic rings. The molecule has 2 atom stereocenters. The Morgan fingerprint density at radius 1 is 1.67 bits per heavy atom. The summed E-state index contributed by atoms with van der Waals surface area (Å²) in [6.45, 7) is 3.13. The summed E-state index contributed by atoms with van der Waals surface area (Å²) in [5.41, 5.74) is 0.396. The van der Waals surface area contributed by atoms with Gasteiger partial charge >= 0.3 is 5.97 Å². The maximum atomic E-state index is 12.1. The summed E-state index contributed by atoms with van der Waals surface area (Å²) in [6.07, 6.45) is 2.34. The Bertz CT molecular complexity index is 380. The third-order valence-corrected chi connectivity index (χ3v) is 3.16. The van der Waals surface area contributed by atoms with Crippen LogP contribution in [-0.2, 0) is 19.1 Å². The zero-order valence-electron chi connectivity index (χ0n) is 10.6. The third-order valence-electron chi connectivity index (χ3n) is 3.16. The third kappa shape index (κ3) is 2.70. The van der Waals surface area contributed by atoms with Crippen molar-refractivity contribution in [2.24, 2.45) is 0 Å². The first-order chi connectivity index (χ1) is 8.61. The average Bonchev–Trinajstić information content (AvgIpc) is 2.86. The molecule has 1 N–H and O–H groups in total. The van der Waals surface area contributed by atoms with Crippen LogP contribution in [0, 0.1) is 0 Å². The number of nitrogens with one attached hydrogen (secondary N) is 1. The van der Waals surface area contributed by atoms with Crippen molar-refractivity contribution >= 4 is 11.9 Å². The van der Waals surface area contributed by atoms with E-state index in [9.17, 15) is 9.59 Å². The molecule has 0 bridgehead atoms. The molecule has 0 aliphatic carbocycles. The zero-order chi connectivity index (χ0) is 13.1. The first kappa shape index (κ1) is 13.0. The minimum atomic E-state index is -0.779. The Balaban J connectivity index is 1.97. The number of amides is 1. The lowest BCUT2D eigenvalue weighted by atomic mass is 10.2. The van der Waals surface area contributed by atoms with Crippen LogP contribution in [-0.4, -0.2) is 49.3 Å². The van der Waals surface area contributed by atoms with E-state index in [0.717, 1.165) is 19.4 Å². The number of nitrogens with zero attached hydrogens (tertiary/aromatic N) is 1. The molecule has 18 heavy (non-hydrogen) atoms. The number of hydrogen-bond donors (Lipinski definition) is 1. The summed E-state index contributed by atoms with van der Waals surface area (Å²) in [4.78, 5) is 25.2. The van der Waals surface area contributed by atoms with E-state index in [1.165, 1.54) is 6.08 Å².